The fourth-order valence-corrected chi connectivity index (χ4v) is 4.24. The summed E-state index contributed by atoms with van der Waals surface area (Å²) in [7, 11) is 1.91. The lowest BCUT2D eigenvalue weighted by Crippen LogP contribution is -2.41. The number of fused-ring (bicyclic) bond motifs is 1. The van der Waals surface area contributed by atoms with Gasteiger partial charge in [-0.3, -0.25) is 9.69 Å². The van der Waals surface area contributed by atoms with E-state index in [-0.39, 0.29) is 5.91 Å². The summed E-state index contributed by atoms with van der Waals surface area (Å²) in [5.74, 6) is 1.70. The second-order valence-electron chi connectivity index (χ2n) is 6.08. The van der Waals surface area contributed by atoms with Crippen LogP contribution in [0, 0.1) is 11.8 Å². The molecule has 2 aliphatic heterocycles. The molecule has 4 nitrogen and oxygen atoms in total. The number of likely N-dealkylation sites (N-methyl/N-ethyl adjacent to an activating group) is 1. The van der Waals surface area contributed by atoms with E-state index in [4.69, 9.17) is 0 Å². The highest BCUT2D eigenvalue weighted by Gasteiger charge is 2.42. The number of hydrogen-bond donors (Lipinski definition) is 1. The van der Waals surface area contributed by atoms with Crippen molar-refractivity contribution in [3.05, 3.63) is 22.4 Å². The van der Waals surface area contributed by atoms with Crippen molar-refractivity contribution < 1.29 is 4.79 Å². The summed E-state index contributed by atoms with van der Waals surface area (Å²) < 4.78 is 0. The first kappa shape index (κ1) is 14.0. The van der Waals surface area contributed by atoms with Crippen molar-refractivity contribution in [2.75, 3.05) is 33.2 Å². The predicted molar refractivity (Wildman–Crippen MR) is 81.7 cm³/mol. The van der Waals surface area contributed by atoms with Gasteiger partial charge in [0.15, 0.2) is 0 Å². The van der Waals surface area contributed by atoms with Crippen LogP contribution in [0.3, 0.4) is 0 Å². The van der Waals surface area contributed by atoms with Gasteiger partial charge in [0.1, 0.15) is 0 Å². The number of thiophene rings is 1. The Bertz CT molecular complexity index is 462. The molecule has 2 saturated heterocycles. The lowest BCUT2D eigenvalue weighted by Gasteiger charge is -2.26. The average Bonchev–Trinajstić information content (AvgIpc) is 3.11. The molecule has 20 heavy (non-hydrogen) atoms. The van der Waals surface area contributed by atoms with Crippen LogP contribution in [0.1, 0.15) is 11.8 Å². The topological polar surface area (TPSA) is 35.6 Å². The van der Waals surface area contributed by atoms with Crippen molar-refractivity contribution >= 4 is 17.2 Å². The van der Waals surface area contributed by atoms with Crippen LogP contribution in [0.15, 0.2) is 17.5 Å². The molecule has 0 aromatic carbocycles. The van der Waals surface area contributed by atoms with Crippen LogP contribution in [0.4, 0.5) is 0 Å². The number of rotatable bonds is 4. The maximum absolute atomic E-state index is 12.4. The zero-order valence-corrected chi connectivity index (χ0v) is 13.0. The van der Waals surface area contributed by atoms with E-state index in [1.807, 2.05) is 18.0 Å². The lowest BCUT2D eigenvalue weighted by molar-refractivity contribution is -0.131. The van der Waals surface area contributed by atoms with Gasteiger partial charge in [0.05, 0.1) is 13.1 Å². The van der Waals surface area contributed by atoms with Gasteiger partial charge in [0.25, 0.3) is 0 Å². The van der Waals surface area contributed by atoms with Crippen LogP contribution in [0.25, 0.3) is 0 Å². The maximum Gasteiger partial charge on any atom is 0.236 e. The number of carbonyl (C=O) groups is 1. The van der Waals surface area contributed by atoms with Crippen molar-refractivity contribution in [3.63, 3.8) is 0 Å². The SMILES string of the molecule is CC1C2CNCC2CN1CC(=O)N(C)Cc1cccs1. The van der Waals surface area contributed by atoms with Gasteiger partial charge >= 0.3 is 0 Å². The van der Waals surface area contributed by atoms with Crippen LogP contribution in [0.5, 0.6) is 0 Å². The molecule has 3 heterocycles. The molecule has 110 valence electrons. The molecule has 0 saturated carbocycles. The Morgan fingerprint density at radius 1 is 1.55 bits per heavy atom. The zero-order valence-electron chi connectivity index (χ0n) is 12.2. The highest BCUT2D eigenvalue weighted by Crippen LogP contribution is 2.32. The van der Waals surface area contributed by atoms with Crippen LogP contribution < -0.4 is 5.32 Å². The van der Waals surface area contributed by atoms with Crippen LogP contribution in [0.2, 0.25) is 0 Å². The Balaban J connectivity index is 1.54. The van der Waals surface area contributed by atoms with E-state index in [1.54, 1.807) is 11.3 Å². The normalized spacial score (nSPS) is 29.6. The van der Waals surface area contributed by atoms with Gasteiger partial charge in [-0.05, 0) is 43.3 Å². The van der Waals surface area contributed by atoms with Gasteiger partial charge in [-0.15, -0.1) is 11.3 Å². The maximum atomic E-state index is 12.4. The Morgan fingerprint density at radius 3 is 3.10 bits per heavy atom. The van der Waals surface area contributed by atoms with E-state index >= 15 is 0 Å². The molecule has 3 atom stereocenters. The molecular formula is C15H23N3OS. The molecule has 5 heteroatoms. The Kier molecular flexibility index (Phi) is 4.10. The van der Waals surface area contributed by atoms with Gasteiger partial charge in [-0.25, -0.2) is 0 Å². The summed E-state index contributed by atoms with van der Waals surface area (Å²) in [5, 5.41) is 5.52. The minimum absolute atomic E-state index is 0.234. The summed E-state index contributed by atoms with van der Waals surface area (Å²) in [6.45, 7) is 6.86. The Labute approximate surface area is 124 Å². The number of nitrogens with one attached hydrogen (secondary N) is 1. The fourth-order valence-electron chi connectivity index (χ4n) is 3.48. The van der Waals surface area contributed by atoms with E-state index < -0.39 is 0 Å². The smallest absolute Gasteiger partial charge is 0.236 e. The van der Waals surface area contributed by atoms with E-state index in [0.29, 0.717) is 12.6 Å². The first-order valence-electron chi connectivity index (χ1n) is 7.36. The molecule has 2 aliphatic rings. The fraction of sp³-hybridized carbons (Fsp3) is 0.667. The summed E-state index contributed by atoms with van der Waals surface area (Å²) in [6, 6.07) is 4.65. The highest BCUT2D eigenvalue weighted by molar-refractivity contribution is 7.09. The average molecular weight is 293 g/mol. The molecule has 0 bridgehead atoms. The van der Waals surface area contributed by atoms with E-state index in [2.05, 4.69) is 28.6 Å². The van der Waals surface area contributed by atoms with Crippen molar-refractivity contribution in [1.82, 2.24) is 15.1 Å². The quantitative estimate of drug-likeness (QED) is 0.907. The molecule has 1 aromatic rings. The van der Waals surface area contributed by atoms with Crippen molar-refractivity contribution in [1.29, 1.82) is 0 Å². The van der Waals surface area contributed by atoms with Gasteiger partial charge < -0.3 is 10.2 Å². The first-order chi connectivity index (χ1) is 9.65. The van der Waals surface area contributed by atoms with E-state index in [9.17, 15) is 4.79 Å². The number of nitrogens with zero attached hydrogens (tertiary/aromatic N) is 2. The third kappa shape index (κ3) is 2.75. The first-order valence-corrected chi connectivity index (χ1v) is 8.24. The van der Waals surface area contributed by atoms with E-state index in [1.165, 1.54) is 4.88 Å². The Morgan fingerprint density at radius 2 is 2.40 bits per heavy atom. The van der Waals surface area contributed by atoms with Crippen LogP contribution in [-0.2, 0) is 11.3 Å². The molecule has 1 amide bonds. The van der Waals surface area contributed by atoms with Crippen LogP contribution >= 0.6 is 11.3 Å². The highest BCUT2D eigenvalue weighted by atomic mass is 32.1. The molecular weight excluding hydrogens is 270 g/mol. The molecule has 1 aromatic heterocycles. The monoisotopic (exact) mass is 293 g/mol. The number of carbonyl (C=O) groups excluding carboxylic acids is 1. The van der Waals surface area contributed by atoms with Crippen molar-refractivity contribution in [3.8, 4) is 0 Å². The standard InChI is InChI=1S/C15H23N3OS/c1-11-14-7-16-6-12(14)8-18(11)10-15(19)17(2)9-13-4-3-5-20-13/h3-5,11-12,14,16H,6-10H2,1-2H3. The van der Waals surface area contributed by atoms with Crippen molar-refractivity contribution in [2.45, 2.75) is 19.5 Å². The number of amides is 1. The molecule has 2 fully saturated rings. The second-order valence-corrected chi connectivity index (χ2v) is 7.11. The molecule has 1 N–H and O–H groups in total. The molecule has 3 unspecified atom stereocenters. The van der Waals surface area contributed by atoms with Gasteiger partial charge in [-0.1, -0.05) is 6.07 Å². The number of likely N-dealkylation sites (tertiary alicyclic amines) is 1. The summed E-state index contributed by atoms with van der Waals surface area (Å²) in [5.41, 5.74) is 0. The Hall–Kier alpha value is -0.910. The molecule has 0 radical (unpaired) electrons. The van der Waals surface area contributed by atoms with E-state index in [0.717, 1.165) is 38.0 Å². The summed E-state index contributed by atoms with van der Waals surface area (Å²) >= 11 is 1.71. The third-order valence-electron chi connectivity index (χ3n) is 4.79. The minimum Gasteiger partial charge on any atom is -0.340 e. The lowest BCUT2D eigenvalue weighted by atomic mass is 9.95. The largest absolute Gasteiger partial charge is 0.340 e. The minimum atomic E-state index is 0.234. The zero-order chi connectivity index (χ0) is 14.1. The molecule has 0 spiro atoms. The van der Waals surface area contributed by atoms with Gasteiger partial charge in [0, 0.05) is 24.5 Å². The third-order valence-corrected chi connectivity index (χ3v) is 5.66. The van der Waals surface area contributed by atoms with Crippen molar-refractivity contribution in [2.24, 2.45) is 11.8 Å². The number of hydrogen-bond acceptors (Lipinski definition) is 4. The second kappa shape index (κ2) is 5.84. The molecule has 0 aliphatic carbocycles. The predicted octanol–water partition coefficient (Wildman–Crippen LogP) is 1.25. The molecule has 3 rings (SSSR count). The summed E-state index contributed by atoms with van der Waals surface area (Å²) in [6.07, 6.45) is 0. The summed E-state index contributed by atoms with van der Waals surface area (Å²) in [4.78, 5) is 17.8. The van der Waals surface area contributed by atoms with Gasteiger partial charge in [0.2, 0.25) is 5.91 Å². The van der Waals surface area contributed by atoms with Gasteiger partial charge in [-0.2, -0.15) is 0 Å². The van der Waals surface area contributed by atoms with Crippen LogP contribution in [-0.4, -0.2) is 55.0 Å².